The average Bonchev–Trinajstić information content (AvgIpc) is 2.42. The van der Waals surface area contributed by atoms with Gasteiger partial charge in [-0.3, -0.25) is 0 Å². The van der Waals surface area contributed by atoms with E-state index in [9.17, 15) is 22.4 Å². The summed E-state index contributed by atoms with van der Waals surface area (Å²) in [5.74, 6) is -2.08. The molecule has 0 atom stereocenters. The second-order valence-electron chi connectivity index (χ2n) is 4.78. The predicted octanol–water partition coefficient (Wildman–Crippen LogP) is 4.68. The zero-order valence-electron chi connectivity index (χ0n) is 11.8. The van der Waals surface area contributed by atoms with E-state index in [4.69, 9.17) is 4.74 Å². The highest BCUT2D eigenvalue weighted by Crippen LogP contribution is 2.33. The smallest absolute Gasteiger partial charge is 0.417 e. The second kappa shape index (κ2) is 5.79. The van der Waals surface area contributed by atoms with Gasteiger partial charge in [0.1, 0.15) is 11.6 Å². The molecule has 0 radical (unpaired) electrons. The van der Waals surface area contributed by atoms with Crippen molar-refractivity contribution in [2.45, 2.75) is 20.0 Å². The lowest BCUT2D eigenvalue weighted by Crippen LogP contribution is -2.17. The molecule has 0 fully saturated rings. The molecule has 2 nitrogen and oxygen atoms in total. The van der Waals surface area contributed by atoms with Crippen molar-refractivity contribution in [1.29, 1.82) is 0 Å². The Morgan fingerprint density at radius 2 is 1.77 bits per heavy atom. The van der Waals surface area contributed by atoms with Crippen molar-refractivity contribution < 1.29 is 27.1 Å². The number of aryl methyl sites for hydroxylation is 1. The summed E-state index contributed by atoms with van der Waals surface area (Å²) in [5, 5.41) is 0. The number of rotatable bonds is 2. The van der Waals surface area contributed by atoms with Gasteiger partial charge in [-0.15, -0.1) is 0 Å². The molecule has 116 valence electrons. The van der Waals surface area contributed by atoms with E-state index < -0.39 is 29.1 Å². The van der Waals surface area contributed by atoms with Crippen LogP contribution in [0.2, 0.25) is 0 Å². The first-order chi connectivity index (χ1) is 10.2. The monoisotopic (exact) mass is 312 g/mol. The molecule has 0 aliphatic rings. The number of hydrogen-bond acceptors (Lipinski definition) is 2. The lowest BCUT2D eigenvalue weighted by atomic mass is 10.1. The molecule has 6 heteroatoms. The molecule has 0 amide bonds. The lowest BCUT2D eigenvalue weighted by molar-refractivity contribution is -0.138. The normalized spacial score (nSPS) is 11.4. The third kappa shape index (κ3) is 3.27. The molecular weight excluding hydrogens is 300 g/mol. The molecule has 0 bridgehead atoms. The van der Waals surface area contributed by atoms with Crippen LogP contribution in [0.4, 0.5) is 17.6 Å². The highest BCUT2D eigenvalue weighted by atomic mass is 19.4. The lowest BCUT2D eigenvalue weighted by Gasteiger charge is -2.13. The van der Waals surface area contributed by atoms with Gasteiger partial charge in [0.15, 0.2) is 0 Å². The van der Waals surface area contributed by atoms with Crippen LogP contribution in [0.1, 0.15) is 27.0 Å². The first-order valence-electron chi connectivity index (χ1n) is 6.35. The van der Waals surface area contributed by atoms with Gasteiger partial charge in [-0.25, -0.2) is 9.18 Å². The molecule has 2 aromatic carbocycles. The number of ether oxygens (including phenoxy) is 1. The van der Waals surface area contributed by atoms with Crippen molar-refractivity contribution in [3.63, 3.8) is 0 Å². The van der Waals surface area contributed by atoms with Crippen molar-refractivity contribution in [2.24, 2.45) is 0 Å². The molecule has 0 spiro atoms. The van der Waals surface area contributed by atoms with Crippen LogP contribution in [0.3, 0.4) is 0 Å². The molecule has 0 aliphatic heterocycles. The third-order valence-corrected chi connectivity index (χ3v) is 3.26. The van der Waals surface area contributed by atoms with E-state index in [1.165, 1.54) is 6.07 Å². The number of halogens is 4. The van der Waals surface area contributed by atoms with Gasteiger partial charge in [-0.05, 0) is 49.2 Å². The van der Waals surface area contributed by atoms with E-state index in [0.29, 0.717) is 5.56 Å². The van der Waals surface area contributed by atoms with Gasteiger partial charge in [0, 0.05) is 0 Å². The van der Waals surface area contributed by atoms with E-state index in [2.05, 4.69) is 0 Å². The minimum Gasteiger partial charge on any atom is -0.423 e. The van der Waals surface area contributed by atoms with Crippen LogP contribution in [0.5, 0.6) is 5.75 Å². The number of esters is 1. The largest absolute Gasteiger partial charge is 0.423 e. The number of alkyl halides is 3. The van der Waals surface area contributed by atoms with Gasteiger partial charge in [-0.1, -0.05) is 12.1 Å². The van der Waals surface area contributed by atoms with Gasteiger partial charge < -0.3 is 4.74 Å². The summed E-state index contributed by atoms with van der Waals surface area (Å²) in [6, 6.07) is 6.73. The summed E-state index contributed by atoms with van der Waals surface area (Å²) in [6.45, 7) is 3.47. The van der Waals surface area contributed by atoms with Crippen LogP contribution < -0.4 is 4.74 Å². The molecule has 2 aromatic rings. The zero-order valence-corrected chi connectivity index (χ0v) is 11.8. The van der Waals surface area contributed by atoms with Gasteiger partial charge in [0.05, 0.1) is 11.1 Å². The maximum Gasteiger partial charge on any atom is 0.417 e. The summed E-state index contributed by atoms with van der Waals surface area (Å²) in [6.07, 6.45) is -4.85. The van der Waals surface area contributed by atoms with Gasteiger partial charge in [-0.2, -0.15) is 13.2 Å². The Morgan fingerprint density at radius 1 is 1.09 bits per heavy atom. The summed E-state index contributed by atoms with van der Waals surface area (Å²) >= 11 is 0. The van der Waals surface area contributed by atoms with E-state index in [1.807, 2.05) is 0 Å². The fourth-order valence-electron chi connectivity index (χ4n) is 1.92. The van der Waals surface area contributed by atoms with E-state index in [1.54, 1.807) is 26.0 Å². The Morgan fingerprint density at radius 3 is 2.41 bits per heavy atom. The standard InChI is InChI=1S/C16H12F4O2/c1-9-4-3-5-14(10(9)2)22-15(21)12-7-6-11(17)8-13(12)16(18,19)20/h3-8H,1-2H3. The first-order valence-corrected chi connectivity index (χ1v) is 6.35. The Kier molecular flexibility index (Phi) is 4.21. The Labute approximate surface area is 124 Å². The van der Waals surface area contributed by atoms with Gasteiger partial charge in [0.2, 0.25) is 0 Å². The van der Waals surface area contributed by atoms with Crippen molar-refractivity contribution in [3.05, 3.63) is 64.5 Å². The van der Waals surface area contributed by atoms with Crippen LogP contribution in [0.15, 0.2) is 36.4 Å². The van der Waals surface area contributed by atoms with Crippen LogP contribution in [-0.4, -0.2) is 5.97 Å². The van der Waals surface area contributed by atoms with E-state index in [0.717, 1.165) is 17.7 Å². The van der Waals surface area contributed by atoms with Crippen LogP contribution in [-0.2, 0) is 6.18 Å². The minimum atomic E-state index is -4.85. The van der Waals surface area contributed by atoms with Crippen molar-refractivity contribution in [2.75, 3.05) is 0 Å². The Hall–Kier alpha value is -2.37. The molecule has 0 aliphatic carbocycles. The summed E-state index contributed by atoms with van der Waals surface area (Å²) < 4.78 is 56.7. The molecule has 0 heterocycles. The Bertz CT molecular complexity index is 721. The number of carbonyl (C=O) groups excluding carboxylic acids is 1. The molecule has 0 unspecified atom stereocenters. The summed E-state index contributed by atoms with van der Waals surface area (Å²) in [4.78, 5) is 12.0. The fourth-order valence-corrected chi connectivity index (χ4v) is 1.92. The fraction of sp³-hybridized carbons (Fsp3) is 0.188. The molecule has 0 N–H and O–H groups in total. The second-order valence-corrected chi connectivity index (χ2v) is 4.78. The summed E-state index contributed by atoms with van der Waals surface area (Å²) in [7, 11) is 0. The SMILES string of the molecule is Cc1cccc(OC(=O)c2ccc(F)cc2C(F)(F)F)c1C. The van der Waals surface area contributed by atoms with Crippen molar-refractivity contribution >= 4 is 5.97 Å². The quantitative estimate of drug-likeness (QED) is 0.457. The topological polar surface area (TPSA) is 26.3 Å². The van der Waals surface area contributed by atoms with Crippen LogP contribution in [0, 0.1) is 19.7 Å². The van der Waals surface area contributed by atoms with Gasteiger partial charge >= 0.3 is 12.1 Å². The van der Waals surface area contributed by atoms with Crippen molar-refractivity contribution in [1.82, 2.24) is 0 Å². The molecule has 2 rings (SSSR count). The van der Waals surface area contributed by atoms with Crippen molar-refractivity contribution in [3.8, 4) is 5.75 Å². The predicted molar refractivity (Wildman–Crippen MR) is 72.3 cm³/mol. The van der Waals surface area contributed by atoms with E-state index >= 15 is 0 Å². The maximum absolute atomic E-state index is 13.0. The minimum absolute atomic E-state index is 0.169. The zero-order chi connectivity index (χ0) is 16.5. The number of carbonyl (C=O) groups is 1. The van der Waals surface area contributed by atoms with Crippen LogP contribution >= 0.6 is 0 Å². The summed E-state index contributed by atoms with van der Waals surface area (Å²) in [5.41, 5.74) is -0.607. The third-order valence-electron chi connectivity index (χ3n) is 3.26. The molecule has 0 saturated carbocycles. The van der Waals surface area contributed by atoms with Crippen LogP contribution in [0.25, 0.3) is 0 Å². The molecule has 0 aromatic heterocycles. The maximum atomic E-state index is 13.0. The van der Waals surface area contributed by atoms with Gasteiger partial charge in [0.25, 0.3) is 0 Å². The molecule has 0 saturated heterocycles. The highest BCUT2D eigenvalue weighted by molar-refractivity contribution is 5.93. The highest BCUT2D eigenvalue weighted by Gasteiger charge is 2.36. The first kappa shape index (κ1) is 16.0. The molecule has 22 heavy (non-hydrogen) atoms. The Balaban J connectivity index is 2.40. The van der Waals surface area contributed by atoms with E-state index in [-0.39, 0.29) is 11.8 Å². The molecular formula is C16H12F4O2. The number of hydrogen-bond donors (Lipinski definition) is 0. The number of benzene rings is 2. The average molecular weight is 312 g/mol.